The molecule has 39 heavy (non-hydrogen) atoms. The number of nitrogens with one attached hydrogen (secondary N) is 1. The fraction of sp³-hybridized carbons (Fsp3) is 0.875. The zero-order valence-corrected chi connectivity index (χ0v) is 25.4. The largest absolute Gasteiger partial charge is 0.449 e. The van der Waals surface area contributed by atoms with Crippen molar-refractivity contribution in [3.63, 3.8) is 0 Å². The van der Waals surface area contributed by atoms with Crippen molar-refractivity contribution in [1.82, 2.24) is 20.3 Å². The second-order valence-corrected chi connectivity index (χ2v) is 12.7. The molecule has 222 valence electrons. The van der Waals surface area contributed by atoms with E-state index in [0.717, 1.165) is 44.9 Å². The van der Waals surface area contributed by atoms with E-state index in [1.54, 1.807) is 0 Å². The number of ketones is 1. The van der Waals surface area contributed by atoms with Crippen molar-refractivity contribution in [3.05, 3.63) is 11.4 Å². The number of aromatic nitrogens is 3. The van der Waals surface area contributed by atoms with Crippen LogP contribution < -0.4 is 5.32 Å². The van der Waals surface area contributed by atoms with Crippen molar-refractivity contribution in [3.8, 4) is 0 Å². The molecule has 0 radical (unpaired) electrons. The summed E-state index contributed by atoms with van der Waals surface area (Å²) in [5, 5.41) is 11.8. The molecule has 0 aromatic carbocycles. The Labute approximate surface area is 237 Å². The van der Waals surface area contributed by atoms with E-state index in [4.69, 9.17) is 4.74 Å². The van der Waals surface area contributed by atoms with Gasteiger partial charge in [-0.2, -0.15) is 0 Å². The van der Waals surface area contributed by atoms with Crippen LogP contribution >= 0.6 is 0 Å². The summed E-state index contributed by atoms with van der Waals surface area (Å²) in [4.78, 5) is 23.8. The third-order valence-corrected chi connectivity index (χ3v) is 8.97. The molecule has 0 bridgehead atoms. The van der Waals surface area contributed by atoms with Crippen molar-refractivity contribution in [1.29, 1.82) is 0 Å². The number of rotatable bonds is 19. The van der Waals surface area contributed by atoms with Crippen LogP contribution in [0.1, 0.15) is 141 Å². The number of ether oxygens (including phenoxy) is 1. The minimum atomic E-state index is -0.249. The number of hydrogen-bond acceptors (Lipinski definition) is 5. The molecule has 7 nitrogen and oxygen atoms in total. The second-order valence-electron chi connectivity index (χ2n) is 12.7. The summed E-state index contributed by atoms with van der Waals surface area (Å²) in [5.74, 6) is 2.46. The molecule has 1 amide bonds. The van der Waals surface area contributed by atoms with Crippen molar-refractivity contribution in [2.24, 2.45) is 23.7 Å². The van der Waals surface area contributed by atoms with Crippen molar-refractivity contribution in [2.45, 2.75) is 143 Å². The Kier molecular flexibility index (Phi) is 13.8. The molecule has 3 unspecified atom stereocenters. The van der Waals surface area contributed by atoms with Crippen LogP contribution in [0.4, 0.5) is 4.79 Å². The maximum Gasteiger partial charge on any atom is 0.407 e. The van der Waals surface area contributed by atoms with Crippen LogP contribution in [0.5, 0.6) is 0 Å². The Balaban J connectivity index is 1.10. The van der Waals surface area contributed by atoms with E-state index in [1.807, 2.05) is 13.8 Å². The van der Waals surface area contributed by atoms with Gasteiger partial charge < -0.3 is 10.1 Å². The van der Waals surface area contributed by atoms with Crippen LogP contribution in [0.25, 0.3) is 0 Å². The van der Waals surface area contributed by atoms with Gasteiger partial charge in [0.2, 0.25) is 0 Å². The van der Waals surface area contributed by atoms with Gasteiger partial charge in [-0.05, 0) is 70.1 Å². The van der Waals surface area contributed by atoms with Gasteiger partial charge in [0.05, 0.1) is 18.0 Å². The molecule has 1 heterocycles. The Morgan fingerprint density at radius 3 is 2.00 bits per heavy atom. The van der Waals surface area contributed by atoms with E-state index in [2.05, 4.69) is 34.2 Å². The molecule has 1 aromatic rings. The highest BCUT2D eigenvalue weighted by molar-refractivity contribution is 5.80. The summed E-state index contributed by atoms with van der Waals surface area (Å²) < 4.78 is 7.68. The summed E-state index contributed by atoms with van der Waals surface area (Å²) in [7, 11) is 0. The highest BCUT2D eigenvalue weighted by Gasteiger charge is 2.50. The predicted molar refractivity (Wildman–Crippen MR) is 157 cm³/mol. The van der Waals surface area contributed by atoms with Crippen LogP contribution in [0, 0.1) is 23.7 Å². The van der Waals surface area contributed by atoms with Crippen molar-refractivity contribution >= 4 is 11.9 Å². The predicted octanol–water partition coefficient (Wildman–Crippen LogP) is 7.62. The first-order chi connectivity index (χ1) is 18.9. The number of hydrogen-bond donors (Lipinski definition) is 1. The van der Waals surface area contributed by atoms with Gasteiger partial charge in [-0.25, -0.2) is 9.48 Å². The van der Waals surface area contributed by atoms with Gasteiger partial charge in [0.1, 0.15) is 5.78 Å². The van der Waals surface area contributed by atoms with E-state index >= 15 is 0 Å². The molecule has 1 fully saturated rings. The van der Waals surface area contributed by atoms with E-state index in [1.165, 1.54) is 75.6 Å². The Hall–Kier alpha value is -1.92. The van der Waals surface area contributed by atoms with Gasteiger partial charge in [0, 0.05) is 24.9 Å². The van der Waals surface area contributed by atoms with Gasteiger partial charge >= 0.3 is 6.09 Å². The van der Waals surface area contributed by atoms with Crippen LogP contribution in [0.3, 0.4) is 0 Å². The standard InChI is InChI=1S/C32H56N4O3/c1-24(2)31(37)17-15-13-11-9-7-5-6-8-10-12-14-16-22-33-32(38)39-23-28-26-18-20-29-30(21-19-27(26)28)36(25(3)4)35-34-29/h24-28H,5-23H2,1-4H3,(H,33,38). The normalized spacial score (nSPS) is 20.3. The zero-order chi connectivity index (χ0) is 28.0. The zero-order valence-electron chi connectivity index (χ0n) is 25.4. The number of alkyl carbamates (subject to hydrolysis) is 1. The molecule has 0 saturated heterocycles. The van der Waals surface area contributed by atoms with Crippen molar-refractivity contribution < 1.29 is 14.3 Å². The van der Waals surface area contributed by atoms with Gasteiger partial charge in [-0.15, -0.1) is 5.10 Å². The minimum absolute atomic E-state index is 0.194. The molecule has 1 N–H and O–H groups in total. The van der Waals surface area contributed by atoms with E-state index < -0.39 is 0 Å². The van der Waals surface area contributed by atoms with E-state index in [9.17, 15) is 9.59 Å². The molecule has 2 aliphatic carbocycles. The third kappa shape index (κ3) is 10.9. The third-order valence-electron chi connectivity index (χ3n) is 8.97. The smallest absolute Gasteiger partial charge is 0.407 e. The molecular weight excluding hydrogens is 488 g/mol. The van der Waals surface area contributed by atoms with E-state index in [0.29, 0.717) is 42.7 Å². The number of fused-ring (bicyclic) bond motifs is 2. The number of aryl methyl sites for hydroxylation is 1. The Bertz CT molecular complexity index is 866. The van der Waals surface area contributed by atoms with Crippen LogP contribution in [-0.4, -0.2) is 40.0 Å². The molecule has 1 saturated carbocycles. The highest BCUT2D eigenvalue weighted by atomic mass is 16.5. The second kappa shape index (κ2) is 17.0. The lowest BCUT2D eigenvalue weighted by molar-refractivity contribution is -0.122. The summed E-state index contributed by atoms with van der Waals surface area (Å²) in [6.07, 6.45) is 19.7. The molecular formula is C32H56N4O3. The summed E-state index contributed by atoms with van der Waals surface area (Å²) >= 11 is 0. The number of amides is 1. The number of Topliss-reactive ketones (excluding diaryl/α,β-unsaturated/α-hetero) is 1. The van der Waals surface area contributed by atoms with Crippen molar-refractivity contribution in [2.75, 3.05) is 13.2 Å². The number of unbranched alkanes of at least 4 members (excludes halogenated alkanes) is 11. The molecule has 3 rings (SSSR count). The van der Waals surface area contributed by atoms with Gasteiger partial charge in [-0.1, -0.05) is 83.3 Å². The van der Waals surface area contributed by atoms with Crippen LogP contribution in [-0.2, 0) is 22.4 Å². The fourth-order valence-corrected chi connectivity index (χ4v) is 6.34. The Morgan fingerprint density at radius 2 is 1.41 bits per heavy atom. The first-order valence-electron chi connectivity index (χ1n) is 16.2. The van der Waals surface area contributed by atoms with Crippen LogP contribution in [0.15, 0.2) is 0 Å². The summed E-state index contributed by atoms with van der Waals surface area (Å²) in [6.45, 7) is 9.58. The van der Waals surface area contributed by atoms with Gasteiger partial charge in [0.15, 0.2) is 0 Å². The Morgan fingerprint density at radius 1 is 0.846 bits per heavy atom. The topological polar surface area (TPSA) is 86.1 Å². The summed E-state index contributed by atoms with van der Waals surface area (Å²) in [6, 6.07) is 0.351. The lowest BCUT2D eigenvalue weighted by Gasteiger charge is -2.12. The first-order valence-corrected chi connectivity index (χ1v) is 16.2. The molecule has 0 spiro atoms. The molecule has 7 heteroatoms. The number of nitrogens with zero attached hydrogens (tertiary/aromatic N) is 3. The lowest BCUT2D eigenvalue weighted by Crippen LogP contribution is -2.26. The number of carbonyl (C=O) groups excluding carboxylic acids is 2. The SMILES string of the molecule is CC(C)C(=O)CCCCCCCCCCCCCCNC(=O)OCC1C2CCc3nnn(C(C)C)c3CCC21. The summed E-state index contributed by atoms with van der Waals surface area (Å²) in [5.41, 5.74) is 2.48. The number of carbonyl (C=O) groups is 2. The average molecular weight is 545 g/mol. The quantitative estimate of drug-likeness (QED) is 0.181. The molecule has 2 aliphatic rings. The maximum atomic E-state index is 12.2. The van der Waals surface area contributed by atoms with E-state index in [-0.39, 0.29) is 12.0 Å². The van der Waals surface area contributed by atoms with Gasteiger partial charge in [0.25, 0.3) is 0 Å². The fourth-order valence-electron chi connectivity index (χ4n) is 6.34. The minimum Gasteiger partial charge on any atom is -0.449 e. The molecule has 0 aliphatic heterocycles. The molecule has 3 atom stereocenters. The van der Waals surface area contributed by atoms with Crippen LogP contribution in [0.2, 0.25) is 0 Å². The first kappa shape index (κ1) is 31.6. The lowest BCUT2D eigenvalue weighted by atomic mass is 10.0. The maximum absolute atomic E-state index is 12.2. The highest BCUT2D eigenvalue weighted by Crippen LogP contribution is 2.53. The van der Waals surface area contributed by atoms with Gasteiger partial charge in [-0.3, -0.25) is 4.79 Å². The average Bonchev–Trinajstić information content (AvgIpc) is 3.39. The monoisotopic (exact) mass is 544 g/mol. The molecule has 1 aromatic heterocycles.